The zero-order valence-electron chi connectivity index (χ0n) is 12.3. The number of rotatable bonds is 3. The largest absolute Gasteiger partial charge is 0.476 e. The van der Waals surface area contributed by atoms with E-state index in [9.17, 15) is 9.90 Å². The second kappa shape index (κ2) is 4.59. The van der Waals surface area contributed by atoms with Gasteiger partial charge in [0, 0.05) is 16.9 Å². The molecule has 2 aromatic rings. The van der Waals surface area contributed by atoms with Gasteiger partial charge in [0.05, 0.1) is 16.4 Å². The Balaban J connectivity index is 2.01. The number of nitrogens with zero attached hydrogens (tertiary/aromatic N) is 2. The summed E-state index contributed by atoms with van der Waals surface area (Å²) >= 11 is 6.31. The Morgan fingerprint density at radius 3 is 2.95 bits per heavy atom. The highest BCUT2D eigenvalue weighted by atomic mass is 35.5. The summed E-state index contributed by atoms with van der Waals surface area (Å²) in [5.74, 6) is -0.547. The van der Waals surface area contributed by atoms with Gasteiger partial charge in [-0.15, -0.1) is 0 Å². The maximum absolute atomic E-state index is 11.7. The van der Waals surface area contributed by atoms with Gasteiger partial charge in [-0.05, 0) is 37.8 Å². The maximum atomic E-state index is 11.7. The summed E-state index contributed by atoms with van der Waals surface area (Å²) in [5.41, 5.74) is 3.00. The summed E-state index contributed by atoms with van der Waals surface area (Å²) in [6.45, 7) is 2.15. The first-order valence-corrected chi connectivity index (χ1v) is 8.07. The molecule has 1 aromatic heterocycles. The van der Waals surface area contributed by atoms with E-state index in [-0.39, 0.29) is 11.1 Å². The number of aromatic carboxylic acids is 1. The van der Waals surface area contributed by atoms with Crippen molar-refractivity contribution in [2.24, 2.45) is 0 Å². The first kappa shape index (κ1) is 13.8. The lowest BCUT2D eigenvalue weighted by Gasteiger charge is -2.25. The number of hydrogen-bond donors (Lipinski definition) is 1. The molecule has 4 nitrogen and oxygen atoms in total. The Morgan fingerprint density at radius 2 is 2.27 bits per heavy atom. The van der Waals surface area contributed by atoms with E-state index < -0.39 is 5.97 Å². The third kappa shape index (κ3) is 1.64. The van der Waals surface area contributed by atoms with Gasteiger partial charge in [0.1, 0.15) is 0 Å². The summed E-state index contributed by atoms with van der Waals surface area (Å²) in [6, 6.07) is 7.48. The van der Waals surface area contributed by atoms with E-state index in [0.29, 0.717) is 10.9 Å². The van der Waals surface area contributed by atoms with E-state index in [2.05, 4.69) is 12.0 Å². The molecule has 0 radical (unpaired) electrons. The Bertz CT molecular complexity index is 783. The number of carbonyl (C=O) groups is 1. The van der Waals surface area contributed by atoms with Crippen molar-refractivity contribution in [2.75, 3.05) is 0 Å². The molecule has 1 fully saturated rings. The second-order valence-electron chi connectivity index (χ2n) is 6.35. The van der Waals surface area contributed by atoms with Crippen LogP contribution in [-0.4, -0.2) is 20.9 Å². The molecule has 114 valence electrons. The zero-order chi connectivity index (χ0) is 15.5. The van der Waals surface area contributed by atoms with Gasteiger partial charge in [-0.25, -0.2) is 9.48 Å². The molecular formula is C17H17ClN2O2. The SMILES string of the molecule is CCC12CCC(C1)c1c2c(C(=O)O)nn1-c1ccccc1Cl. The quantitative estimate of drug-likeness (QED) is 0.925. The van der Waals surface area contributed by atoms with Crippen LogP contribution in [0, 0.1) is 0 Å². The van der Waals surface area contributed by atoms with E-state index in [1.807, 2.05) is 24.3 Å². The van der Waals surface area contributed by atoms with Crippen molar-refractivity contribution in [2.45, 2.75) is 43.9 Å². The van der Waals surface area contributed by atoms with Gasteiger partial charge in [0.2, 0.25) is 0 Å². The Kier molecular flexibility index (Phi) is 2.89. The average molecular weight is 317 g/mol. The summed E-state index contributed by atoms with van der Waals surface area (Å²) < 4.78 is 1.78. The predicted octanol–water partition coefficient (Wildman–Crippen LogP) is 4.15. The molecule has 2 unspecified atom stereocenters. The van der Waals surface area contributed by atoms with Crippen LogP contribution in [0.1, 0.15) is 60.3 Å². The summed E-state index contributed by atoms with van der Waals surface area (Å²) in [7, 11) is 0. The number of carboxylic acids is 1. The highest BCUT2D eigenvalue weighted by molar-refractivity contribution is 6.32. The van der Waals surface area contributed by atoms with E-state index in [4.69, 9.17) is 11.6 Å². The molecule has 1 saturated carbocycles. The minimum atomic E-state index is -0.942. The molecule has 22 heavy (non-hydrogen) atoms. The topological polar surface area (TPSA) is 55.1 Å². The third-order valence-corrected chi connectivity index (χ3v) is 5.73. The summed E-state index contributed by atoms with van der Waals surface area (Å²) in [5, 5.41) is 14.6. The number of halogens is 1. The van der Waals surface area contributed by atoms with Gasteiger partial charge >= 0.3 is 5.97 Å². The number of aromatic nitrogens is 2. The third-order valence-electron chi connectivity index (χ3n) is 5.41. The molecule has 1 heterocycles. The first-order valence-electron chi connectivity index (χ1n) is 7.69. The average Bonchev–Trinajstić information content (AvgIpc) is 3.17. The molecule has 2 atom stereocenters. The number of fused-ring (bicyclic) bond motifs is 5. The summed E-state index contributed by atoms with van der Waals surface area (Å²) in [4.78, 5) is 11.7. The number of benzene rings is 1. The summed E-state index contributed by atoms with van der Waals surface area (Å²) in [6.07, 6.45) is 4.18. The van der Waals surface area contributed by atoms with Gasteiger partial charge < -0.3 is 5.11 Å². The van der Waals surface area contributed by atoms with Crippen LogP contribution >= 0.6 is 11.6 Å². The van der Waals surface area contributed by atoms with Crippen LogP contribution in [0.25, 0.3) is 5.69 Å². The Labute approximate surface area is 133 Å². The van der Waals surface area contributed by atoms with Crippen LogP contribution in [0.15, 0.2) is 24.3 Å². The molecule has 0 saturated heterocycles. The first-order chi connectivity index (χ1) is 10.6. The smallest absolute Gasteiger partial charge is 0.356 e. The van der Waals surface area contributed by atoms with Crippen LogP contribution in [0.2, 0.25) is 5.02 Å². The Hall–Kier alpha value is -1.81. The minimum Gasteiger partial charge on any atom is -0.476 e. The molecule has 2 bridgehead atoms. The second-order valence-corrected chi connectivity index (χ2v) is 6.76. The fourth-order valence-electron chi connectivity index (χ4n) is 4.37. The lowest BCUT2D eigenvalue weighted by Crippen LogP contribution is -2.22. The molecule has 0 aliphatic heterocycles. The highest BCUT2D eigenvalue weighted by Crippen LogP contribution is 2.60. The lowest BCUT2D eigenvalue weighted by molar-refractivity contribution is 0.0686. The molecule has 1 N–H and O–H groups in total. The number of carboxylic acid groups (broad SMARTS) is 1. The molecule has 1 aromatic carbocycles. The molecule has 2 aliphatic rings. The van der Waals surface area contributed by atoms with Crippen molar-refractivity contribution in [1.82, 2.24) is 9.78 Å². The zero-order valence-corrected chi connectivity index (χ0v) is 13.1. The fraction of sp³-hybridized carbons (Fsp3) is 0.412. The van der Waals surface area contributed by atoms with Gasteiger partial charge in [-0.3, -0.25) is 0 Å². The molecular weight excluding hydrogens is 300 g/mol. The normalized spacial score (nSPS) is 25.5. The maximum Gasteiger partial charge on any atom is 0.356 e. The molecule has 0 amide bonds. The van der Waals surface area contributed by atoms with Gasteiger partial charge in [-0.1, -0.05) is 30.7 Å². The fourth-order valence-corrected chi connectivity index (χ4v) is 4.59. The number of hydrogen-bond acceptors (Lipinski definition) is 2. The monoisotopic (exact) mass is 316 g/mol. The van der Waals surface area contributed by atoms with Crippen LogP contribution in [0.5, 0.6) is 0 Å². The van der Waals surface area contributed by atoms with Crippen LogP contribution in [-0.2, 0) is 5.41 Å². The highest BCUT2D eigenvalue weighted by Gasteiger charge is 2.53. The van der Waals surface area contributed by atoms with E-state index >= 15 is 0 Å². The minimum absolute atomic E-state index is 0.00672. The van der Waals surface area contributed by atoms with Crippen molar-refractivity contribution in [1.29, 1.82) is 0 Å². The van der Waals surface area contributed by atoms with Crippen molar-refractivity contribution in [3.05, 3.63) is 46.2 Å². The molecule has 0 spiro atoms. The van der Waals surface area contributed by atoms with Crippen molar-refractivity contribution in [3.63, 3.8) is 0 Å². The van der Waals surface area contributed by atoms with E-state index in [1.54, 1.807) is 4.68 Å². The molecule has 2 aliphatic carbocycles. The standard InChI is InChI=1S/C17H17ClN2O2/c1-2-17-8-7-10(9-17)15-13(17)14(16(21)22)19-20(15)12-6-4-3-5-11(12)18/h3-6,10H,2,7-9H2,1H3,(H,21,22). The van der Waals surface area contributed by atoms with E-state index in [0.717, 1.165) is 42.6 Å². The molecule has 5 heteroatoms. The van der Waals surface area contributed by atoms with E-state index in [1.165, 1.54) is 0 Å². The van der Waals surface area contributed by atoms with Crippen molar-refractivity contribution < 1.29 is 9.90 Å². The van der Waals surface area contributed by atoms with Gasteiger partial charge in [0.25, 0.3) is 0 Å². The van der Waals surface area contributed by atoms with Crippen LogP contribution < -0.4 is 0 Å². The van der Waals surface area contributed by atoms with Crippen LogP contribution in [0.4, 0.5) is 0 Å². The predicted molar refractivity (Wildman–Crippen MR) is 84.1 cm³/mol. The van der Waals surface area contributed by atoms with Crippen molar-refractivity contribution >= 4 is 17.6 Å². The van der Waals surface area contributed by atoms with Gasteiger partial charge in [0.15, 0.2) is 5.69 Å². The van der Waals surface area contributed by atoms with Crippen molar-refractivity contribution in [3.8, 4) is 5.69 Å². The lowest BCUT2D eigenvalue weighted by atomic mass is 9.78. The van der Waals surface area contributed by atoms with Crippen LogP contribution in [0.3, 0.4) is 0 Å². The molecule has 4 rings (SSSR count). The Morgan fingerprint density at radius 1 is 1.50 bits per heavy atom. The number of para-hydroxylation sites is 1. The van der Waals surface area contributed by atoms with Gasteiger partial charge in [-0.2, -0.15) is 5.10 Å².